The molecule has 6 nitrogen and oxygen atoms in total. The van der Waals surface area contributed by atoms with Gasteiger partial charge in [0.2, 0.25) is 0 Å². The van der Waals surface area contributed by atoms with Crippen molar-refractivity contribution >= 4 is 17.4 Å². The van der Waals surface area contributed by atoms with Crippen LogP contribution < -0.4 is 5.32 Å². The minimum Gasteiger partial charge on any atom is -0.444 e. The molecule has 2 rings (SSSR count). The molecular weight excluding hydrogens is 290 g/mol. The number of nitrogens with zero attached hydrogens (tertiary/aromatic N) is 1. The second-order valence-electron chi connectivity index (χ2n) is 5.57. The lowest BCUT2D eigenvalue weighted by Crippen LogP contribution is -2.36. The fourth-order valence-corrected chi connectivity index (χ4v) is 2.42. The lowest BCUT2D eigenvalue weighted by Gasteiger charge is -2.22. The Hall–Kier alpha value is -1.86. The van der Waals surface area contributed by atoms with Gasteiger partial charge in [-0.05, 0) is 38.3 Å². The van der Waals surface area contributed by atoms with Crippen LogP contribution in [0.4, 0.5) is 4.79 Å². The Morgan fingerprint density at radius 1 is 1.57 bits per heavy atom. The molecule has 0 saturated heterocycles. The highest BCUT2D eigenvalue weighted by Crippen LogP contribution is 2.24. The van der Waals surface area contributed by atoms with Crippen LogP contribution in [-0.2, 0) is 4.74 Å². The van der Waals surface area contributed by atoms with E-state index in [2.05, 4.69) is 15.5 Å². The van der Waals surface area contributed by atoms with Crippen LogP contribution in [0.1, 0.15) is 32.5 Å². The molecule has 1 atom stereocenters. The van der Waals surface area contributed by atoms with Gasteiger partial charge in [0.25, 0.3) is 0 Å². The topological polar surface area (TPSA) is 87.2 Å². The van der Waals surface area contributed by atoms with Gasteiger partial charge in [0, 0.05) is 0 Å². The molecular formula is C14H19N3O3S. The van der Waals surface area contributed by atoms with Crippen LogP contribution in [0.5, 0.6) is 0 Å². The summed E-state index contributed by atoms with van der Waals surface area (Å²) in [4.78, 5) is 12.8. The molecule has 0 aliphatic carbocycles. The number of aromatic amines is 1. The van der Waals surface area contributed by atoms with Gasteiger partial charge < -0.3 is 15.2 Å². The molecule has 0 aliphatic rings. The maximum atomic E-state index is 11.8. The van der Waals surface area contributed by atoms with Crippen molar-refractivity contribution in [3.05, 3.63) is 29.3 Å². The maximum Gasteiger partial charge on any atom is 0.408 e. The summed E-state index contributed by atoms with van der Waals surface area (Å²) in [5.74, 6) is 0. The van der Waals surface area contributed by atoms with Crippen LogP contribution >= 0.6 is 11.3 Å². The average molecular weight is 309 g/mol. The minimum absolute atomic E-state index is 0.245. The highest BCUT2D eigenvalue weighted by molar-refractivity contribution is 7.13. The molecule has 2 aromatic rings. The molecule has 21 heavy (non-hydrogen) atoms. The average Bonchev–Trinajstić information content (AvgIpc) is 3.03. The molecule has 114 valence electrons. The third-order valence-electron chi connectivity index (χ3n) is 2.62. The molecule has 0 saturated carbocycles. The van der Waals surface area contributed by atoms with Crippen molar-refractivity contribution in [3.63, 3.8) is 0 Å². The lowest BCUT2D eigenvalue weighted by molar-refractivity contribution is 0.0480. The Labute approximate surface area is 127 Å². The summed E-state index contributed by atoms with van der Waals surface area (Å²) in [5.41, 5.74) is 0.830. The van der Waals surface area contributed by atoms with Crippen LogP contribution in [0.15, 0.2) is 23.6 Å². The van der Waals surface area contributed by atoms with Crippen molar-refractivity contribution in [2.24, 2.45) is 0 Å². The molecule has 2 aromatic heterocycles. The van der Waals surface area contributed by atoms with Crippen molar-refractivity contribution in [2.45, 2.75) is 32.4 Å². The lowest BCUT2D eigenvalue weighted by atomic mass is 10.2. The fraction of sp³-hybridized carbons (Fsp3) is 0.429. The molecule has 0 aliphatic heterocycles. The fourth-order valence-electron chi connectivity index (χ4n) is 1.74. The van der Waals surface area contributed by atoms with E-state index in [0.717, 1.165) is 10.6 Å². The second kappa shape index (κ2) is 6.28. The molecule has 1 amide bonds. The Balaban J connectivity index is 2.06. The SMILES string of the molecule is CC(C)(C)OC(=O)NC(CO)c1cc(-c2cccs2)n[nH]1. The van der Waals surface area contributed by atoms with Crippen LogP contribution in [0, 0.1) is 0 Å². The summed E-state index contributed by atoms with van der Waals surface area (Å²) in [6, 6.07) is 5.13. The van der Waals surface area contributed by atoms with Gasteiger partial charge in [0.1, 0.15) is 11.3 Å². The number of H-pyrrole nitrogens is 1. The Morgan fingerprint density at radius 3 is 2.90 bits per heavy atom. The van der Waals surface area contributed by atoms with Crippen molar-refractivity contribution in [1.82, 2.24) is 15.5 Å². The minimum atomic E-state index is -0.583. The van der Waals surface area contributed by atoms with Gasteiger partial charge in [0.05, 0.1) is 23.2 Å². The van der Waals surface area contributed by atoms with E-state index in [1.54, 1.807) is 32.1 Å². The number of aliphatic hydroxyl groups excluding tert-OH is 1. The number of ether oxygens (including phenoxy) is 1. The van der Waals surface area contributed by atoms with E-state index in [4.69, 9.17) is 4.74 Å². The van der Waals surface area contributed by atoms with Crippen molar-refractivity contribution in [3.8, 4) is 10.6 Å². The molecule has 0 aromatic carbocycles. The van der Waals surface area contributed by atoms with Crippen molar-refractivity contribution < 1.29 is 14.6 Å². The molecule has 2 heterocycles. The second-order valence-corrected chi connectivity index (χ2v) is 6.51. The standard InChI is InChI=1S/C14H19N3O3S/c1-14(2,3)20-13(19)15-11(8-18)9-7-10(17-16-9)12-5-4-6-21-12/h4-7,11,18H,8H2,1-3H3,(H,15,19)(H,16,17). The molecule has 0 radical (unpaired) electrons. The quantitative estimate of drug-likeness (QED) is 0.810. The van der Waals surface area contributed by atoms with Gasteiger partial charge in [-0.1, -0.05) is 6.07 Å². The third-order valence-corrected chi connectivity index (χ3v) is 3.51. The number of amides is 1. The number of rotatable bonds is 4. The first kappa shape index (κ1) is 15.5. The molecule has 0 fully saturated rings. The summed E-state index contributed by atoms with van der Waals surface area (Å²) in [5, 5.41) is 21.1. The predicted octanol–water partition coefficient (Wildman–Crippen LogP) is 2.70. The summed E-state index contributed by atoms with van der Waals surface area (Å²) < 4.78 is 5.18. The van der Waals surface area contributed by atoms with Gasteiger partial charge in [-0.3, -0.25) is 5.10 Å². The first-order chi connectivity index (χ1) is 9.89. The molecule has 0 bridgehead atoms. The summed E-state index contributed by atoms with van der Waals surface area (Å²) in [6.07, 6.45) is -0.575. The highest BCUT2D eigenvalue weighted by atomic mass is 32.1. The number of aromatic nitrogens is 2. The van der Waals surface area contributed by atoms with Gasteiger partial charge >= 0.3 is 6.09 Å². The number of aliphatic hydroxyl groups is 1. The largest absolute Gasteiger partial charge is 0.444 e. The normalized spacial score (nSPS) is 13.0. The smallest absolute Gasteiger partial charge is 0.408 e. The number of thiophene rings is 1. The van der Waals surface area contributed by atoms with Gasteiger partial charge in [-0.15, -0.1) is 11.3 Å². The maximum absolute atomic E-state index is 11.8. The van der Waals surface area contributed by atoms with Gasteiger partial charge in [-0.25, -0.2) is 4.79 Å². The highest BCUT2D eigenvalue weighted by Gasteiger charge is 2.21. The van der Waals surface area contributed by atoms with E-state index in [0.29, 0.717) is 5.69 Å². The van der Waals surface area contributed by atoms with E-state index in [1.165, 1.54) is 0 Å². The van der Waals surface area contributed by atoms with E-state index in [-0.39, 0.29) is 6.61 Å². The number of nitrogens with one attached hydrogen (secondary N) is 2. The molecule has 3 N–H and O–H groups in total. The van der Waals surface area contributed by atoms with E-state index in [9.17, 15) is 9.90 Å². The van der Waals surface area contributed by atoms with Gasteiger partial charge in [0.15, 0.2) is 0 Å². The Bertz CT molecular complexity index is 587. The summed E-state index contributed by atoms with van der Waals surface area (Å²) in [7, 11) is 0. The molecule has 7 heteroatoms. The van der Waals surface area contributed by atoms with E-state index >= 15 is 0 Å². The number of alkyl carbamates (subject to hydrolysis) is 1. The molecule has 0 spiro atoms. The third kappa shape index (κ3) is 4.30. The zero-order chi connectivity index (χ0) is 15.5. The number of carbonyl (C=O) groups excluding carboxylic acids is 1. The number of carbonyl (C=O) groups is 1. The van der Waals surface area contributed by atoms with Crippen LogP contribution in [0.2, 0.25) is 0 Å². The van der Waals surface area contributed by atoms with Crippen LogP contribution in [0.3, 0.4) is 0 Å². The zero-order valence-corrected chi connectivity index (χ0v) is 13.0. The first-order valence-electron chi connectivity index (χ1n) is 6.58. The van der Waals surface area contributed by atoms with Crippen molar-refractivity contribution in [2.75, 3.05) is 6.61 Å². The molecule has 1 unspecified atom stereocenters. The predicted molar refractivity (Wildman–Crippen MR) is 81.1 cm³/mol. The Morgan fingerprint density at radius 2 is 2.33 bits per heavy atom. The van der Waals surface area contributed by atoms with E-state index in [1.807, 2.05) is 23.6 Å². The zero-order valence-electron chi connectivity index (χ0n) is 12.2. The summed E-state index contributed by atoms with van der Waals surface area (Å²) in [6.45, 7) is 5.11. The first-order valence-corrected chi connectivity index (χ1v) is 7.46. The number of hydrogen-bond acceptors (Lipinski definition) is 5. The summed E-state index contributed by atoms with van der Waals surface area (Å²) >= 11 is 1.57. The van der Waals surface area contributed by atoms with E-state index < -0.39 is 17.7 Å². The number of hydrogen-bond donors (Lipinski definition) is 3. The van der Waals surface area contributed by atoms with Gasteiger partial charge in [-0.2, -0.15) is 5.10 Å². The monoisotopic (exact) mass is 309 g/mol. The van der Waals surface area contributed by atoms with Crippen molar-refractivity contribution in [1.29, 1.82) is 0 Å². The Kier molecular flexibility index (Phi) is 4.64. The van der Waals surface area contributed by atoms with Crippen LogP contribution in [-0.4, -0.2) is 33.6 Å². The van der Waals surface area contributed by atoms with Crippen LogP contribution in [0.25, 0.3) is 10.6 Å².